The van der Waals surface area contributed by atoms with Crippen molar-refractivity contribution in [3.05, 3.63) is 53.6 Å². The Morgan fingerprint density at radius 1 is 1.25 bits per heavy atom. The van der Waals surface area contributed by atoms with Crippen LogP contribution >= 0.6 is 11.6 Å². The molecule has 4 nitrogen and oxygen atoms in total. The molecule has 0 atom stereocenters. The van der Waals surface area contributed by atoms with Crippen LogP contribution in [0.25, 0.3) is 11.0 Å². The molecule has 0 radical (unpaired) electrons. The van der Waals surface area contributed by atoms with Crippen molar-refractivity contribution in [1.82, 2.24) is 14.5 Å². The first-order valence-corrected chi connectivity index (χ1v) is 6.75. The van der Waals surface area contributed by atoms with E-state index < -0.39 is 0 Å². The Morgan fingerprint density at radius 2 is 2.05 bits per heavy atom. The van der Waals surface area contributed by atoms with E-state index in [0.717, 1.165) is 22.5 Å². The van der Waals surface area contributed by atoms with Crippen LogP contribution in [0.4, 0.5) is 5.69 Å². The number of fused-ring (bicyclic) bond motifs is 1. The van der Waals surface area contributed by atoms with Gasteiger partial charge in [0.1, 0.15) is 5.82 Å². The molecule has 3 aromatic rings. The number of anilines is 1. The molecule has 0 N–H and O–H groups in total. The molecule has 0 aliphatic rings. The van der Waals surface area contributed by atoms with Gasteiger partial charge in [0, 0.05) is 26.5 Å². The lowest BCUT2D eigenvalue weighted by Gasteiger charge is -2.19. The molecule has 2 aromatic heterocycles. The Labute approximate surface area is 122 Å². The maximum absolute atomic E-state index is 6.17. The summed E-state index contributed by atoms with van der Waals surface area (Å²) in [6.45, 7) is 0.689. The number of benzene rings is 1. The third-order valence-electron chi connectivity index (χ3n) is 3.42. The predicted molar refractivity (Wildman–Crippen MR) is 82.1 cm³/mol. The van der Waals surface area contributed by atoms with Crippen molar-refractivity contribution in [3.63, 3.8) is 0 Å². The lowest BCUT2D eigenvalue weighted by Crippen LogP contribution is -2.19. The van der Waals surface area contributed by atoms with Gasteiger partial charge in [0.15, 0.2) is 0 Å². The van der Waals surface area contributed by atoms with Crippen molar-refractivity contribution in [2.75, 3.05) is 11.9 Å². The second-order valence-corrected chi connectivity index (χ2v) is 5.17. The summed E-state index contributed by atoms with van der Waals surface area (Å²) in [6.07, 6.45) is 3.40. The molecule has 0 unspecified atom stereocenters. The molecule has 0 bridgehead atoms. The Kier molecular flexibility index (Phi) is 3.32. The maximum Gasteiger partial charge on any atom is 0.129 e. The zero-order valence-corrected chi connectivity index (χ0v) is 12.2. The number of para-hydroxylation sites is 2. The molecule has 0 spiro atoms. The van der Waals surface area contributed by atoms with Crippen molar-refractivity contribution in [2.45, 2.75) is 6.54 Å². The fourth-order valence-electron chi connectivity index (χ4n) is 2.31. The first-order chi connectivity index (χ1) is 9.66. The molecular formula is C15H15ClN4. The van der Waals surface area contributed by atoms with Crippen molar-refractivity contribution >= 4 is 28.3 Å². The van der Waals surface area contributed by atoms with Gasteiger partial charge in [-0.1, -0.05) is 23.7 Å². The van der Waals surface area contributed by atoms with E-state index in [0.29, 0.717) is 11.6 Å². The van der Waals surface area contributed by atoms with Gasteiger partial charge in [-0.25, -0.2) is 4.98 Å². The lowest BCUT2D eigenvalue weighted by molar-refractivity contribution is 0.775. The summed E-state index contributed by atoms with van der Waals surface area (Å²) < 4.78 is 2.11. The molecule has 0 fully saturated rings. The molecule has 0 saturated carbocycles. The zero-order valence-electron chi connectivity index (χ0n) is 11.4. The smallest absolute Gasteiger partial charge is 0.129 e. The molecule has 0 aliphatic heterocycles. The highest BCUT2D eigenvalue weighted by molar-refractivity contribution is 6.33. The van der Waals surface area contributed by atoms with E-state index in [9.17, 15) is 0 Å². The van der Waals surface area contributed by atoms with Crippen LogP contribution in [0, 0.1) is 0 Å². The van der Waals surface area contributed by atoms with Gasteiger partial charge >= 0.3 is 0 Å². The maximum atomic E-state index is 6.17. The summed E-state index contributed by atoms with van der Waals surface area (Å²) in [4.78, 5) is 10.8. The topological polar surface area (TPSA) is 34.0 Å². The summed E-state index contributed by atoms with van der Waals surface area (Å²) in [5.41, 5.74) is 3.10. The van der Waals surface area contributed by atoms with Crippen molar-refractivity contribution in [1.29, 1.82) is 0 Å². The molecule has 0 saturated heterocycles. The highest BCUT2D eigenvalue weighted by atomic mass is 35.5. The molecule has 2 heterocycles. The fraction of sp³-hybridized carbons (Fsp3) is 0.200. The number of imidazole rings is 1. The number of halogens is 1. The number of pyridine rings is 1. The third-order valence-corrected chi connectivity index (χ3v) is 3.71. The number of hydrogen-bond acceptors (Lipinski definition) is 3. The fourth-order valence-corrected chi connectivity index (χ4v) is 2.58. The summed E-state index contributed by atoms with van der Waals surface area (Å²) in [7, 11) is 4.03. The third kappa shape index (κ3) is 2.23. The van der Waals surface area contributed by atoms with Crippen LogP contribution in [0.2, 0.25) is 5.02 Å². The minimum absolute atomic E-state index is 0.647. The van der Waals surface area contributed by atoms with Gasteiger partial charge in [0.25, 0.3) is 0 Å². The summed E-state index contributed by atoms with van der Waals surface area (Å²) in [5, 5.41) is 0.647. The van der Waals surface area contributed by atoms with Gasteiger partial charge in [-0.15, -0.1) is 0 Å². The zero-order chi connectivity index (χ0) is 14.1. The SMILES string of the molecule is CN(Cc1nc2ccccc2n1C)c1ccncc1Cl. The quantitative estimate of drug-likeness (QED) is 0.741. The highest BCUT2D eigenvalue weighted by Crippen LogP contribution is 2.25. The van der Waals surface area contributed by atoms with Crippen molar-refractivity contribution < 1.29 is 0 Å². The van der Waals surface area contributed by atoms with E-state index in [4.69, 9.17) is 11.6 Å². The number of aryl methyl sites for hydroxylation is 1. The van der Waals surface area contributed by atoms with E-state index in [1.165, 1.54) is 0 Å². The van der Waals surface area contributed by atoms with E-state index in [2.05, 4.69) is 25.5 Å². The van der Waals surface area contributed by atoms with E-state index >= 15 is 0 Å². The summed E-state index contributed by atoms with van der Waals surface area (Å²) in [6, 6.07) is 10.0. The van der Waals surface area contributed by atoms with Crippen LogP contribution in [0.15, 0.2) is 42.7 Å². The van der Waals surface area contributed by atoms with Gasteiger partial charge in [-0.05, 0) is 18.2 Å². The van der Waals surface area contributed by atoms with Crippen LogP contribution in [0.5, 0.6) is 0 Å². The first-order valence-electron chi connectivity index (χ1n) is 6.38. The Morgan fingerprint density at radius 3 is 2.80 bits per heavy atom. The van der Waals surface area contributed by atoms with E-state index in [1.807, 2.05) is 38.4 Å². The normalized spacial score (nSPS) is 10.9. The van der Waals surface area contributed by atoms with Crippen LogP contribution < -0.4 is 4.90 Å². The molecule has 3 rings (SSSR count). The predicted octanol–water partition coefficient (Wildman–Crippen LogP) is 3.26. The van der Waals surface area contributed by atoms with Gasteiger partial charge in [0.2, 0.25) is 0 Å². The highest BCUT2D eigenvalue weighted by Gasteiger charge is 2.11. The minimum Gasteiger partial charge on any atom is -0.366 e. The number of hydrogen-bond donors (Lipinski definition) is 0. The minimum atomic E-state index is 0.647. The molecule has 0 amide bonds. The Hall–Kier alpha value is -2.07. The molecule has 102 valence electrons. The van der Waals surface area contributed by atoms with Crippen molar-refractivity contribution in [2.24, 2.45) is 7.05 Å². The number of nitrogens with zero attached hydrogens (tertiary/aromatic N) is 4. The monoisotopic (exact) mass is 286 g/mol. The van der Waals surface area contributed by atoms with Crippen LogP contribution in [0.3, 0.4) is 0 Å². The molecule has 5 heteroatoms. The Bertz CT molecular complexity index is 750. The van der Waals surface area contributed by atoms with E-state index in [-0.39, 0.29) is 0 Å². The number of aromatic nitrogens is 3. The van der Waals surface area contributed by atoms with Crippen LogP contribution in [-0.4, -0.2) is 21.6 Å². The first kappa shape index (κ1) is 12.9. The second-order valence-electron chi connectivity index (χ2n) is 4.76. The summed E-state index contributed by atoms with van der Waals surface area (Å²) in [5.74, 6) is 1.00. The average molecular weight is 287 g/mol. The molecule has 1 aromatic carbocycles. The van der Waals surface area contributed by atoms with Gasteiger partial charge in [-0.2, -0.15) is 0 Å². The Balaban J connectivity index is 1.93. The molecule has 0 aliphatic carbocycles. The second kappa shape index (κ2) is 5.13. The number of rotatable bonds is 3. The lowest BCUT2D eigenvalue weighted by atomic mass is 10.3. The molecular weight excluding hydrogens is 272 g/mol. The van der Waals surface area contributed by atoms with Gasteiger partial charge in [-0.3, -0.25) is 4.98 Å². The summed E-state index contributed by atoms with van der Waals surface area (Å²) >= 11 is 6.17. The van der Waals surface area contributed by atoms with Gasteiger partial charge < -0.3 is 9.47 Å². The van der Waals surface area contributed by atoms with Gasteiger partial charge in [0.05, 0.1) is 28.3 Å². The van der Waals surface area contributed by atoms with Crippen LogP contribution in [0.1, 0.15) is 5.82 Å². The van der Waals surface area contributed by atoms with Crippen LogP contribution in [-0.2, 0) is 13.6 Å². The average Bonchev–Trinajstić information content (AvgIpc) is 2.76. The molecule has 20 heavy (non-hydrogen) atoms. The van der Waals surface area contributed by atoms with Crippen molar-refractivity contribution in [3.8, 4) is 0 Å². The van der Waals surface area contributed by atoms with E-state index in [1.54, 1.807) is 12.4 Å². The largest absolute Gasteiger partial charge is 0.366 e. The standard InChI is InChI=1S/C15H15ClN4/c1-19(13-7-8-17-9-11(13)16)10-15-18-12-5-3-4-6-14(12)20(15)2/h3-9H,10H2,1-2H3.